The first-order chi connectivity index (χ1) is 16.8. The van der Waals surface area contributed by atoms with Crippen LogP contribution in [0.4, 0.5) is 11.6 Å². The summed E-state index contributed by atoms with van der Waals surface area (Å²) in [6.07, 6.45) is 4.02. The molecule has 3 aromatic rings. The molecule has 0 saturated carbocycles. The van der Waals surface area contributed by atoms with Crippen molar-refractivity contribution in [2.45, 2.75) is 52.5 Å². The lowest BCUT2D eigenvalue weighted by atomic mass is 10.1. The number of hydrazine groups is 1. The van der Waals surface area contributed by atoms with Crippen molar-refractivity contribution in [1.29, 1.82) is 0 Å². The number of rotatable bonds is 5. The molecule has 1 aromatic carbocycles. The van der Waals surface area contributed by atoms with Crippen molar-refractivity contribution in [2.75, 3.05) is 30.0 Å². The third-order valence-corrected chi connectivity index (χ3v) is 7.06. The average molecular weight is 479 g/mol. The molecule has 186 valence electrons. The standard InChI is InChI=1S/C25H34N8O2/c1-17(2)11-13-32-21-22(27-24(32)30-12-7-9-19(26)15-30)28(3)25(35)33(23(21)34)16-31-14-18-8-5-6-10-20(18)29(31)4/h5-6,8,10-11,19H,7,9,12-16,26H2,1-4H3. The zero-order valence-corrected chi connectivity index (χ0v) is 20.9. The van der Waals surface area contributed by atoms with Gasteiger partial charge in [0.15, 0.2) is 11.2 Å². The maximum atomic E-state index is 13.9. The van der Waals surface area contributed by atoms with Crippen LogP contribution in [0.2, 0.25) is 0 Å². The zero-order valence-electron chi connectivity index (χ0n) is 20.9. The van der Waals surface area contributed by atoms with E-state index in [1.807, 2.05) is 53.7 Å². The van der Waals surface area contributed by atoms with Crippen molar-refractivity contribution in [1.82, 2.24) is 23.7 Å². The second-order valence-electron chi connectivity index (χ2n) is 9.86. The van der Waals surface area contributed by atoms with Crippen LogP contribution in [0.3, 0.4) is 0 Å². The molecule has 1 atom stereocenters. The Morgan fingerprint density at radius 2 is 1.94 bits per heavy atom. The summed E-state index contributed by atoms with van der Waals surface area (Å²) in [5.74, 6) is 0.697. The Balaban J connectivity index is 1.63. The van der Waals surface area contributed by atoms with Gasteiger partial charge in [0.25, 0.3) is 5.56 Å². The second kappa shape index (κ2) is 9.01. The largest absolute Gasteiger partial charge is 0.341 e. The smallest absolute Gasteiger partial charge is 0.333 e. The lowest BCUT2D eigenvalue weighted by Gasteiger charge is -2.31. The highest BCUT2D eigenvalue weighted by atomic mass is 16.2. The highest BCUT2D eigenvalue weighted by Gasteiger charge is 2.28. The van der Waals surface area contributed by atoms with Gasteiger partial charge in [0.05, 0.1) is 5.69 Å². The minimum atomic E-state index is -0.374. The molecule has 1 saturated heterocycles. The maximum Gasteiger partial charge on any atom is 0.333 e. The third-order valence-electron chi connectivity index (χ3n) is 7.06. The van der Waals surface area contributed by atoms with E-state index in [2.05, 4.69) is 17.0 Å². The Hall–Kier alpha value is -3.37. The molecular formula is C25H34N8O2. The van der Waals surface area contributed by atoms with Gasteiger partial charge in [0, 0.05) is 46.3 Å². The first-order valence-electron chi connectivity index (χ1n) is 12.2. The predicted molar refractivity (Wildman–Crippen MR) is 138 cm³/mol. The maximum absolute atomic E-state index is 13.9. The van der Waals surface area contributed by atoms with Crippen LogP contribution in [0.5, 0.6) is 0 Å². The van der Waals surface area contributed by atoms with Gasteiger partial charge in [0.1, 0.15) is 6.67 Å². The van der Waals surface area contributed by atoms with Crippen LogP contribution < -0.4 is 26.9 Å². The van der Waals surface area contributed by atoms with Crippen molar-refractivity contribution in [3.63, 3.8) is 0 Å². The van der Waals surface area contributed by atoms with Crippen molar-refractivity contribution in [3.05, 3.63) is 62.3 Å². The molecule has 10 nitrogen and oxygen atoms in total. The Kier molecular flexibility index (Phi) is 6.02. The zero-order chi connectivity index (χ0) is 24.9. The van der Waals surface area contributed by atoms with E-state index < -0.39 is 0 Å². The number of benzene rings is 1. The van der Waals surface area contributed by atoms with Crippen LogP contribution >= 0.6 is 0 Å². The van der Waals surface area contributed by atoms with Gasteiger partial charge in [-0.15, -0.1) is 0 Å². The molecule has 4 heterocycles. The van der Waals surface area contributed by atoms with Crippen LogP contribution in [0, 0.1) is 0 Å². The Labute approximate surface area is 204 Å². The van der Waals surface area contributed by atoms with Gasteiger partial charge in [-0.05, 0) is 38.3 Å². The molecule has 5 rings (SSSR count). The first kappa shape index (κ1) is 23.4. The monoisotopic (exact) mass is 478 g/mol. The minimum absolute atomic E-state index is 0.0632. The highest BCUT2D eigenvalue weighted by molar-refractivity contribution is 5.74. The molecule has 0 amide bonds. The number of fused-ring (bicyclic) bond motifs is 2. The van der Waals surface area contributed by atoms with Gasteiger partial charge in [-0.3, -0.25) is 9.36 Å². The van der Waals surface area contributed by atoms with Crippen LogP contribution in [0.1, 0.15) is 32.3 Å². The van der Waals surface area contributed by atoms with Crippen LogP contribution in [0.25, 0.3) is 11.2 Å². The molecule has 10 heteroatoms. The number of piperidine rings is 1. The van der Waals surface area contributed by atoms with E-state index in [1.54, 1.807) is 7.05 Å². The van der Waals surface area contributed by atoms with Gasteiger partial charge in [-0.25, -0.2) is 9.36 Å². The van der Waals surface area contributed by atoms with Gasteiger partial charge in [-0.1, -0.05) is 29.8 Å². The van der Waals surface area contributed by atoms with Crippen molar-refractivity contribution < 1.29 is 0 Å². The Bertz CT molecular complexity index is 1410. The van der Waals surface area contributed by atoms with E-state index in [0.717, 1.165) is 30.6 Å². The van der Waals surface area contributed by atoms with Gasteiger partial charge in [0.2, 0.25) is 5.95 Å². The fourth-order valence-corrected chi connectivity index (χ4v) is 5.09. The molecule has 0 radical (unpaired) electrons. The van der Waals surface area contributed by atoms with Gasteiger partial charge < -0.3 is 20.2 Å². The number of imidazole rings is 1. The number of hydrogen-bond donors (Lipinski definition) is 1. The minimum Gasteiger partial charge on any atom is -0.341 e. The van der Waals surface area contributed by atoms with Gasteiger partial charge in [-0.2, -0.15) is 9.99 Å². The molecule has 0 aliphatic carbocycles. The van der Waals surface area contributed by atoms with Crippen LogP contribution in [-0.4, -0.2) is 49.9 Å². The van der Waals surface area contributed by atoms with E-state index in [4.69, 9.17) is 10.7 Å². The summed E-state index contributed by atoms with van der Waals surface area (Å²) in [5.41, 5.74) is 9.80. The summed E-state index contributed by atoms with van der Waals surface area (Å²) in [7, 11) is 3.64. The molecule has 1 unspecified atom stereocenters. The fraction of sp³-hybridized carbons (Fsp3) is 0.480. The molecule has 2 aliphatic rings. The number of aryl methyl sites for hydroxylation is 1. The molecule has 0 bridgehead atoms. The van der Waals surface area contributed by atoms with E-state index in [1.165, 1.54) is 14.7 Å². The number of allylic oxidation sites excluding steroid dienone is 2. The molecular weight excluding hydrogens is 444 g/mol. The normalized spacial score (nSPS) is 18.4. The van der Waals surface area contributed by atoms with Gasteiger partial charge >= 0.3 is 5.69 Å². The summed E-state index contributed by atoms with van der Waals surface area (Å²) in [6.45, 7) is 6.86. The van der Waals surface area contributed by atoms with Crippen LogP contribution in [0.15, 0.2) is 45.5 Å². The molecule has 1 fully saturated rings. The highest BCUT2D eigenvalue weighted by Crippen LogP contribution is 2.29. The number of anilines is 2. The van der Waals surface area contributed by atoms with Crippen molar-refractivity contribution in [3.8, 4) is 0 Å². The van der Waals surface area contributed by atoms with E-state index in [-0.39, 0.29) is 24.0 Å². The topological polar surface area (TPSA) is 97.6 Å². The van der Waals surface area contributed by atoms with Crippen LogP contribution in [-0.2, 0) is 26.8 Å². The molecule has 2 aliphatic heterocycles. The summed E-state index contributed by atoms with van der Waals surface area (Å²) in [6, 6.07) is 8.17. The summed E-state index contributed by atoms with van der Waals surface area (Å²) >= 11 is 0. The number of nitrogens with two attached hydrogens (primary N) is 1. The molecule has 0 spiro atoms. The predicted octanol–water partition coefficient (Wildman–Crippen LogP) is 1.61. The van der Waals surface area contributed by atoms with Crippen molar-refractivity contribution >= 4 is 22.8 Å². The second-order valence-corrected chi connectivity index (χ2v) is 9.86. The Morgan fingerprint density at radius 1 is 1.17 bits per heavy atom. The number of para-hydroxylation sites is 1. The third kappa shape index (κ3) is 4.06. The molecule has 2 N–H and O–H groups in total. The number of hydrogen-bond acceptors (Lipinski definition) is 7. The fourth-order valence-electron chi connectivity index (χ4n) is 5.09. The average Bonchev–Trinajstić information content (AvgIpc) is 3.37. The van der Waals surface area contributed by atoms with E-state index >= 15 is 0 Å². The summed E-state index contributed by atoms with van der Waals surface area (Å²) in [5, 5.41) is 4.01. The SMILES string of the molecule is CC(C)=CCn1c(N2CCCC(N)C2)nc2c1c(=O)n(CN1Cc3ccccc3N1C)c(=O)n2C. The quantitative estimate of drug-likeness (QED) is 0.557. The summed E-state index contributed by atoms with van der Waals surface area (Å²) in [4.78, 5) is 34.2. The Morgan fingerprint density at radius 3 is 2.66 bits per heavy atom. The lowest BCUT2D eigenvalue weighted by molar-refractivity contribution is 0.210. The van der Waals surface area contributed by atoms with E-state index in [0.29, 0.717) is 36.7 Å². The number of nitrogens with zero attached hydrogens (tertiary/aromatic N) is 7. The lowest BCUT2D eigenvalue weighted by Crippen LogP contribution is -2.46. The molecule has 2 aromatic heterocycles. The first-order valence-corrected chi connectivity index (χ1v) is 12.2. The summed E-state index contributed by atoms with van der Waals surface area (Å²) < 4.78 is 4.75. The van der Waals surface area contributed by atoms with Crippen molar-refractivity contribution in [2.24, 2.45) is 12.8 Å². The number of aromatic nitrogens is 4. The molecule has 35 heavy (non-hydrogen) atoms. The van der Waals surface area contributed by atoms with E-state index in [9.17, 15) is 9.59 Å².